The first-order valence-electron chi connectivity index (χ1n) is 7.02. The van der Waals surface area contributed by atoms with Crippen molar-refractivity contribution >= 4 is 22.9 Å². The number of rotatable bonds is 4. The Morgan fingerprint density at radius 2 is 1.82 bits per heavy atom. The predicted octanol–water partition coefficient (Wildman–Crippen LogP) is 3.21. The first-order chi connectivity index (χ1) is 10.8. The zero-order valence-electron chi connectivity index (χ0n) is 11.9. The molecular weight excluding hydrogens is 276 g/mol. The molecule has 0 radical (unpaired) electrons. The molecule has 0 fully saturated rings. The molecule has 0 saturated carbocycles. The molecule has 2 N–H and O–H groups in total. The third-order valence-corrected chi connectivity index (χ3v) is 3.54. The van der Waals surface area contributed by atoms with Crippen LogP contribution in [0.1, 0.15) is 11.1 Å². The number of hydrogen-bond donors (Lipinski definition) is 2. The molecule has 4 nitrogen and oxygen atoms in total. The highest BCUT2D eigenvalue weighted by Gasteiger charge is 2.06. The van der Waals surface area contributed by atoms with Crippen molar-refractivity contribution < 1.29 is 10.0 Å². The average Bonchev–Trinajstić information content (AvgIpc) is 2.92. The molecule has 2 aromatic carbocycles. The van der Waals surface area contributed by atoms with Crippen molar-refractivity contribution in [1.29, 1.82) is 0 Å². The maximum absolute atomic E-state index is 11.2. The normalized spacial score (nSPS) is 11.1. The summed E-state index contributed by atoms with van der Waals surface area (Å²) in [5.41, 5.74) is 4.86. The minimum Gasteiger partial charge on any atom is -0.342 e. The van der Waals surface area contributed by atoms with Crippen LogP contribution < -0.4 is 5.48 Å². The van der Waals surface area contributed by atoms with E-state index in [0.29, 0.717) is 0 Å². The van der Waals surface area contributed by atoms with E-state index in [-0.39, 0.29) is 0 Å². The number of nitrogens with one attached hydrogen (secondary N) is 1. The van der Waals surface area contributed by atoms with E-state index in [1.165, 1.54) is 11.6 Å². The molecule has 0 bridgehead atoms. The molecule has 1 aromatic heterocycles. The molecule has 0 atom stereocenters. The molecule has 0 spiro atoms. The molecule has 0 aliphatic heterocycles. The van der Waals surface area contributed by atoms with Gasteiger partial charge in [-0.2, -0.15) is 0 Å². The van der Waals surface area contributed by atoms with Gasteiger partial charge in [0.15, 0.2) is 0 Å². The summed E-state index contributed by atoms with van der Waals surface area (Å²) in [5, 5.41) is 9.64. The van der Waals surface area contributed by atoms with Crippen LogP contribution in [0.15, 0.2) is 66.9 Å². The van der Waals surface area contributed by atoms with Crippen LogP contribution in [-0.2, 0) is 11.3 Å². The Morgan fingerprint density at radius 1 is 1.09 bits per heavy atom. The van der Waals surface area contributed by atoms with Gasteiger partial charge in [0.05, 0.1) is 0 Å². The topological polar surface area (TPSA) is 54.3 Å². The van der Waals surface area contributed by atoms with E-state index in [4.69, 9.17) is 5.21 Å². The molecule has 3 rings (SSSR count). The maximum Gasteiger partial charge on any atom is 0.267 e. The van der Waals surface area contributed by atoms with Crippen molar-refractivity contribution in [3.63, 3.8) is 0 Å². The van der Waals surface area contributed by atoms with Gasteiger partial charge in [-0.05, 0) is 17.7 Å². The number of hydrogen-bond acceptors (Lipinski definition) is 2. The van der Waals surface area contributed by atoms with Crippen LogP contribution in [0.4, 0.5) is 0 Å². The average molecular weight is 292 g/mol. The summed E-state index contributed by atoms with van der Waals surface area (Å²) in [4.78, 5) is 11.2. The lowest BCUT2D eigenvalue weighted by Crippen LogP contribution is -2.14. The SMILES string of the molecule is O=C(/C=C/c1cn(Cc2ccccc2)c2ccccc12)NO. The number of aromatic nitrogens is 1. The third kappa shape index (κ3) is 2.92. The van der Waals surface area contributed by atoms with Gasteiger partial charge >= 0.3 is 0 Å². The van der Waals surface area contributed by atoms with Gasteiger partial charge < -0.3 is 4.57 Å². The second kappa shape index (κ2) is 6.28. The van der Waals surface area contributed by atoms with E-state index in [1.54, 1.807) is 11.6 Å². The second-order valence-electron chi connectivity index (χ2n) is 5.02. The summed E-state index contributed by atoms with van der Waals surface area (Å²) < 4.78 is 2.15. The third-order valence-electron chi connectivity index (χ3n) is 3.54. The molecule has 1 heterocycles. The lowest BCUT2D eigenvalue weighted by atomic mass is 10.1. The van der Waals surface area contributed by atoms with E-state index in [1.807, 2.05) is 42.6 Å². The highest BCUT2D eigenvalue weighted by molar-refractivity contribution is 5.96. The lowest BCUT2D eigenvalue weighted by molar-refractivity contribution is -0.124. The largest absolute Gasteiger partial charge is 0.342 e. The molecular formula is C18H16N2O2. The van der Waals surface area contributed by atoms with Crippen molar-refractivity contribution in [3.05, 3.63) is 78.0 Å². The Kier molecular flexibility index (Phi) is 4.03. The second-order valence-corrected chi connectivity index (χ2v) is 5.02. The summed E-state index contributed by atoms with van der Waals surface area (Å²) in [6, 6.07) is 18.3. The number of fused-ring (bicyclic) bond motifs is 1. The minimum absolute atomic E-state index is 0.542. The van der Waals surface area contributed by atoms with Gasteiger partial charge in [0, 0.05) is 35.3 Å². The van der Waals surface area contributed by atoms with Crippen molar-refractivity contribution in [1.82, 2.24) is 10.0 Å². The summed E-state index contributed by atoms with van der Waals surface area (Å²) >= 11 is 0. The number of para-hydroxylation sites is 1. The van der Waals surface area contributed by atoms with Gasteiger partial charge in [0.2, 0.25) is 0 Å². The van der Waals surface area contributed by atoms with Crippen LogP contribution in [0.25, 0.3) is 17.0 Å². The molecule has 4 heteroatoms. The smallest absolute Gasteiger partial charge is 0.267 e. The van der Waals surface area contributed by atoms with Crippen molar-refractivity contribution in [2.75, 3.05) is 0 Å². The van der Waals surface area contributed by atoms with Crippen molar-refractivity contribution in [3.8, 4) is 0 Å². The Balaban J connectivity index is 2.00. The first kappa shape index (κ1) is 14.1. The number of amides is 1. The fourth-order valence-electron chi connectivity index (χ4n) is 2.52. The summed E-state index contributed by atoms with van der Waals surface area (Å²) in [7, 11) is 0. The number of benzene rings is 2. The van der Waals surface area contributed by atoms with Crippen LogP contribution in [0.2, 0.25) is 0 Å². The monoisotopic (exact) mass is 292 g/mol. The fourth-order valence-corrected chi connectivity index (χ4v) is 2.52. The van der Waals surface area contributed by atoms with Gasteiger partial charge in [-0.1, -0.05) is 48.5 Å². The summed E-state index contributed by atoms with van der Waals surface area (Å²) in [6.07, 6.45) is 5.03. The predicted molar refractivity (Wildman–Crippen MR) is 86.4 cm³/mol. The van der Waals surface area contributed by atoms with E-state index in [9.17, 15) is 4.79 Å². The van der Waals surface area contributed by atoms with Gasteiger partial charge in [0.25, 0.3) is 5.91 Å². The minimum atomic E-state index is -0.542. The summed E-state index contributed by atoms with van der Waals surface area (Å²) in [6.45, 7) is 0.765. The van der Waals surface area contributed by atoms with Crippen LogP contribution in [0, 0.1) is 0 Å². The summed E-state index contributed by atoms with van der Waals surface area (Å²) in [5.74, 6) is -0.542. The Hall–Kier alpha value is -2.85. The standard InChI is InChI=1S/C18H16N2O2/c21-18(19-22)11-10-15-13-20(12-14-6-2-1-3-7-14)17-9-5-4-8-16(15)17/h1-11,13,22H,12H2,(H,19,21)/b11-10+. The van der Waals surface area contributed by atoms with Crippen LogP contribution in [-0.4, -0.2) is 15.7 Å². The molecule has 0 unspecified atom stereocenters. The Bertz CT molecular complexity index is 819. The first-order valence-corrected chi connectivity index (χ1v) is 7.02. The maximum atomic E-state index is 11.2. The van der Waals surface area contributed by atoms with Crippen LogP contribution in [0.5, 0.6) is 0 Å². The zero-order chi connectivity index (χ0) is 15.4. The number of hydroxylamine groups is 1. The van der Waals surface area contributed by atoms with E-state index >= 15 is 0 Å². The lowest BCUT2D eigenvalue weighted by Gasteiger charge is -2.05. The zero-order valence-corrected chi connectivity index (χ0v) is 11.9. The number of nitrogens with zero attached hydrogens (tertiary/aromatic N) is 1. The molecule has 22 heavy (non-hydrogen) atoms. The molecule has 0 aliphatic rings. The highest BCUT2D eigenvalue weighted by atomic mass is 16.5. The van der Waals surface area contributed by atoms with Gasteiger partial charge in [-0.15, -0.1) is 0 Å². The van der Waals surface area contributed by atoms with Crippen molar-refractivity contribution in [2.45, 2.75) is 6.54 Å². The van der Waals surface area contributed by atoms with Crippen LogP contribution >= 0.6 is 0 Å². The van der Waals surface area contributed by atoms with E-state index < -0.39 is 5.91 Å². The Morgan fingerprint density at radius 3 is 2.59 bits per heavy atom. The molecule has 0 aliphatic carbocycles. The molecule has 110 valence electrons. The molecule has 0 saturated heterocycles. The Labute approximate surface area is 128 Å². The number of carbonyl (C=O) groups excluding carboxylic acids is 1. The highest BCUT2D eigenvalue weighted by Crippen LogP contribution is 2.23. The molecule has 1 amide bonds. The van der Waals surface area contributed by atoms with Gasteiger partial charge in [0.1, 0.15) is 0 Å². The number of carbonyl (C=O) groups is 1. The van der Waals surface area contributed by atoms with E-state index in [2.05, 4.69) is 22.8 Å². The van der Waals surface area contributed by atoms with Gasteiger partial charge in [-0.3, -0.25) is 10.0 Å². The van der Waals surface area contributed by atoms with Crippen LogP contribution in [0.3, 0.4) is 0 Å². The quantitative estimate of drug-likeness (QED) is 0.441. The van der Waals surface area contributed by atoms with Crippen molar-refractivity contribution in [2.24, 2.45) is 0 Å². The van der Waals surface area contributed by atoms with E-state index in [0.717, 1.165) is 23.0 Å². The van der Waals surface area contributed by atoms with Gasteiger partial charge in [-0.25, -0.2) is 5.48 Å². The fraction of sp³-hybridized carbons (Fsp3) is 0.0556. The molecule has 3 aromatic rings.